The summed E-state index contributed by atoms with van der Waals surface area (Å²) < 4.78 is 43.5. The molecule has 33 heavy (non-hydrogen) atoms. The highest BCUT2D eigenvalue weighted by Crippen LogP contribution is 2.43. The van der Waals surface area contributed by atoms with Gasteiger partial charge in [-0.3, -0.25) is 4.79 Å². The Morgan fingerprint density at radius 3 is 2.33 bits per heavy atom. The van der Waals surface area contributed by atoms with Gasteiger partial charge in [-0.2, -0.15) is 4.31 Å². The molecule has 2 saturated heterocycles. The summed E-state index contributed by atoms with van der Waals surface area (Å²) in [4.78, 5) is 15.4. The topological polar surface area (TPSA) is 60.9 Å². The molecule has 0 spiro atoms. The van der Waals surface area contributed by atoms with Gasteiger partial charge in [-0.1, -0.05) is 50.2 Å². The van der Waals surface area contributed by atoms with Gasteiger partial charge in [0.15, 0.2) is 0 Å². The van der Waals surface area contributed by atoms with Crippen molar-refractivity contribution < 1.29 is 17.6 Å². The van der Waals surface area contributed by atoms with E-state index in [-0.39, 0.29) is 17.9 Å². The lowest BCUT2D eigenvalue weighted by molar-refractivity contribution is -0.129. The molecule has 0 N–H and O–H groups in total. The van der Waals surface area contributed by atoms with Gasteiger partial charge in [0.2, 0.25) is 15.9 Å². The van der Waals surface area contributed by atoms with Crippen LogP contribution in [0.25, 0.3) is 0 Å². The molecule has 2 aromatic carbocycles. The minimum Gasteiger partial charge on any atom is -0.368 e. The standard InChI is InChI=1S/C25H32FN3O3S/c1-19(30)27-11-13-28(14-12-27)22-10-9-21(23(26)15-22)17-29-18-25(2,3)16-24(33(29,31)32)20-7-5-4-6-8-20/h4-10,15,24H,11-14,16-18H2,1-3H3. The summed E-state index contributed by atoms with van der Waals surface area (Å²) in [5.41, 5.74) is 1.67. The van der Waals surface area contributed by atoms with E-state index < -0.39 is 21.1 Å². The van der Waals surface area contributed by atoms with E-state index in [1.165, 1.54) is 10.4 Å². The number of rotatable bonds is 4. The van der Waals surface area contributed by atoms with Crippen LogP contribution in [0, 0.1) is 11.2 Å². The molecular formula is C25H32FN3O3S. The molecule has 2 aliphatic heterocycles. The molecule has 2 aliphatic rings. The smallest absolute Gasteiger partial charge is 0.221 e. The van der Waals surface area contributed by atoms with Crippen molar-refractivity contribution in [1.82, 2.24) is 9.21 Å². The highest BCUT2D eigenvalue weighted by atomic mass is 32.2. The van der Waals surface area contributed by atoms with Gasteiger partial charge < -0.3 is 9.80 Å². The molecular weight excluding hydrogens is 441 g/mol. The Morgan fingerprint density at radius 2 is 1.73 bits per heavy atom. The SMILES string of the molecule is CC(=O)N1CCN(c2ccc(CN3CC(C)(C)CC(c4ccccc4)S3(=O)=O)c(F)c2)CC1. The largest absolute Gasteiger partial charge is 0.368 e. The van der Waals surface area contributed by atoms with E-state index in [9.17, 15) is 13.2 Å². The van der Waals surface area contributed by atoms with E-state index in [0.717, 1.165) is 11.3 Å². The van der Waals surface area contributed by atoms with Crippen molar-refractivity contribution in [2.24, 2.45) is 5.41 Å². The molecule has 0 aliphatic carbocycles. The molecule has 4 rings (SSSR count). The van der Waals surface area contributed by atoms with E-state index in [2.05, 4.69) is 18.7 Å². The fraction of sp³-hybridized carbons (Fsp3) is 0.480. The van der Waals surface area contributed by atoms with Gasteiger partial charge in [-0.25, -0.2) is 12.8 Å². The fourth-order valence-electron chi connectivity index (χ4n) is 4.85. The number of nitrogens with zero attached hydrogens (tertiary/aromatic N) is 3. The number of hydrogen-bond donors (Lipinski definition) is 0. The van der Waals surface area contributed by atoms with Crippen molar-refractivity contribution in [2.75, 3.05) is 37.6 Å². The predicted octanol–water partition coefficient (Wildman–Crippen LogP) is 3.80. The molecule has 6 nitrogen and oxygen atoms in total. The van der Waals surface area contributed by atoms with Gasteiger partial charge in [-0.05, 0) is 29.5 Å². The average Bonchev–Trinajstić information content (AvgIpc) is 2.78. The third-order valence-corrected chi connectivity index (χ3v) is 8.84. The van der Waals surface area contributed by atoms with Crippen LogP contribution >= 0.6 is 0 Å². The van der Waals surface area contributed by atoms with Crippen LogP contribution in [0.15, 0.2) is 48.5 Å². The molecule has 2 heterocycles. The Labute approximate surface area is 196 Å². The third-order valence-electron chi connectivity index (χ3n) is 6.71. The molecule has 1 unspecified atom stereocenters. The molecule has 0 radical (unpaired) electrons. The van der Waals surface area contributed by atoms with Crippen molar-refractivity contribution >= 4 is 21.6 Å². The minimum absolute atomic E-state index is 0.0132. The maximum atomic E-state index is 15.1. The Hall–Kier alpha value is -2.45. The highest BCUT2D eigenvalue weighted by Gasteiger charge is 2.44. The Kier molecular flexibility index (Phi) is 6.51. The van der Waals surface area contributed by atoms with Crippen molar-refractivity contribution in [3.8, 4) is 0 Å². The first-order valence-corrected chi connectivity index (χ1v) is 12.9. The van der Waals surface area contributed by atoms with Gasteiger partial charge in [0.25, 0.3) is 0 Å². The van der Waals surface area contributed by atoms with Gasteiger partial charge >= 0.3 is 0 Å². The van der Waals surface area contributed by atoms with E-state index in [1.54, 1.807) is 17.9 Å². The van der Waals surface area contributed by atoms with E-state index >= 15 is 4.39 Å². The highest BCUT2D eigenvalue weighted by molar-refractivity contribution is 7.89. The zero-order valence-corrected chi connectivity index (χ0v) is 20.3. The van der Waals surface area contributed by atoms with Crippen molar-refractivity contribution in [2.45, 2.75) is 39.0 Å². The molecule has 0 aromatic heterocycles. The van der Waals surface area contributed by atoms with Crippen LogP contribution in [0.5, 0.6) is 0 Å². The predicted molar refractivity (Wildman–Crippen MR) is 128 cm³/mol. The summed E-state index contributed by atoms with van der Waals surface area (Å²) >= 11 is 0. The number of anilines is 1. The number of amides is 1. The first kappa shape index (κ1) is 23.7. The molecule has 2 fully saturated rings. The third kappa shape index (κ3) is 5.06. The molecule has 2 aromatic rings. The zero-order valence-electron chi connectivity index (χ0n) is 19.5. The number of carbonyl (C=O) groups excluding carboxylic acids is 1. The number of halogens is 1. The van der Waals surface area contributed by atoms with Gasteiger partial charge in [-0.15, -0.1) is 0 Å². The van der Waals surface area contributed by atoms with E-state index in [4.69, 9.17) is 0 Å². The van der Waals surface area contributed by atoms with Crippen molar-refractivity contribution in [1.29, 1.82) is 0 Å². The molecule has 1 atom stereocenters. The Bertz CT molecular complexity index is 1110. The molecule has 0 saturated carbocycles. The Morgan fingerprint density at radius 1 is 1.06 bits per heavy atom. The van der Waals surface area contributed by atoms with Crippen LogP contribution in [0.1, 0.15) is 43.6 Å². The van der Waals surface area contributed by atoms with Gasteiger partial charge in [0.1, 0.15) is 11.1 Å². The summed E-state index contributed by atoms with van der Waals surface area (Å²) in [6, 6.07) is 14.3. The monoisotopic (exact) mass is 473 g/mol. The summed E-state index contributed by atoms with van der Waals surface area (Å²) in [5.74, 6) is -0.355. The summed E-state index contributed by atoms with van der Waals surface area (Å²) in [5, 5.41) is -0.637. The van der Waals surface area contributed by atoms with Crippen LogP contribution < -0.4 is 4.90 Å². The normalized spacial score (nSPS) is 22.8. The number of sulfonamides is 1. The van der Waals surface area contributed by atoms with Crippen LogP contribution in [0.4, 0.5) is 10.1 Å². The van der Waals surface area contributed by atoms with Crippen LogP contribution in [0.2, 0.25) is 0 Å². The second kappa shape index (κ2) is 9.06. The van der Waals surface area contributed by atoms with Crippen molar-refractivity contribution in [3.63, 3.8) is 0 Å². The molecule has 1 amide bonds. The molecule has 8 heteroatoms. The van der Waals surface area contributed by atoms with Gasteiger partial charge in [0, 0.05) is 57.4 Å². The second-order valence-corrected chi connectivity index (χ2v) is 12.0. The Balaban J connectivity index is 1.53. The second-order valence-electron chi connectivity index (χ2n) is 9.85. The van der Waals surface area contributed by atoms with Crippen LogP contribution in [0.3, 0.4) is 0 Å². The molecule has 178 valence electrons. The average molecular weight is 474 g/mol. The van der Waals surface area contributed by atoms with Gasteiger partial charge in [0.05, 0.1) is 0 Å². The van der Waals surface area contributed by atoms with Crippen molar-refractivity contribution in [3.05, 3.63) is 65.5 Å². The zero-order chi connectivity index (χ0) is 23.8. The maximum Gasteiger partial charge on any atom is 0.221 e. The number of hydrogen-bond acceptors (Lipinski definition) is 4. The number of piperazine rings is 1. The summed E-state index contributed by atoms with van der Waals surface area (Å²) in [6.07, 6.45) is 0.531. The summed E-state index contributed by atoms with van der Waals surface area (Å²) in [7, 11) is -3.63. The van der Waals surface area contributed by atoms with E-state index in [1.807, 2.05) is 36.4 Å². The quantitative estimate of drug-likeness (QED) is 0.678. The maximum absolute atomic E-state index is 15.1. The number of carbonyl (C=O) groups is 1. The lowest BCUT2D eigenvalue weighted by atomic mass is 9.85. The fourth-order valence-corrected chi connectivity index (χ4v) is 7.22. The summed E-state index contributed by atoms with van der Waals surface area (Å²) in [6.45, 7) is 8.56. The molecule has 0 bridgehead atoms. The first-order valence-electron chi connectivity index (χ1n) is 11.4. The number of benzene rings is 2. The van der Waals surface area contributed by atoms with E-state index in [0.29, 0.717) is 44.7 Å². The van der Waals surface area contributed by atoms with Crippen LogP contribution in [-0.2, 0) is 21.4 Å². The first-order chi connectivity index (χ1) is 15.6. The lowest BCUT2D eigenvalue weighted by Gasteiger charge is -2.42. The van der Waals surface area contributed by atoms with Crippen LogP contribution in [-0.4, -0.2) is 56.3 Å². The lowest BCUT2D eigenvalue weighted by Crippen LogP contribution is -2.48. The minimum atomic E-state index is -3.63.